The van der Waals surface area contributed by atoms with Gasteiger partial charge in [0.25, 0.3) is 0 Å². The summed E-state index contributed by atoms with van der Waals surface area (Å²) in [6.07, 6.45) is 6.14. The number of methoxy groups -OCH3 is 1. The molecule has 3 rings (SSSR count). The number of nitrogens with zero attached hydrogens (tertiary/aromatic N) is 2. The highest BCUT2D eigenvalue weighted by molar-refractivity contribution is 6.01. The minimum absolute atomic E-state index is 0.174. The van der Waals surface area contributed by atoms with Crippen molar-refractivity contribution in [3.05, 3.63) is 72.0 Å². The van der Waals surface area contributed by atoms with Crippen molar-refractivity contribution in [1.29, 1.82) is 0 Å². The zero-order chi connectivity index (χ0) is 20.1. The molecule has 1 N–H and O–H groups in total. The molecule has 2 aromatic heterocycles. The molecule has 0 spiro atoms. The van der Waals surface area contributed by atoms with E-state index in [2.05, 4.69) is 10.4 Å². The number of aromatic nitrogens is 2. The second kappa shape index (κ2) is 8.08. The molecule has 1 amide bonds. The highest BCUT2D eigenvalue weighted by atomic mass is 19.3. The SMILES string of the molecule is COc1ccc(C=CC(=O)Nc2cnn(Cc3ccc(C(C)(F)F)o3)c2)cc1. The van der Waals surface area contributed by atoms with Gasteiger partial charge in [-0.05, 0) is 35.9 Å². The van der Waals surface area contributed by atoms with Crippen LogP contribution in [0.3, 0.4) is 0 Å². The van der Waals surface area contributed by atoms with Gasteiger partial charge in [-0.15, -0.1) is 0 Å². The molecule has 0 atom stereocenters. The second-order valence-corrected chi connectivity index (χ2v) is 6.18. The number of carbonyl (C=O) groups is 1. The molecule has 8 heteroatoms. The molecule has 0 aliphatic carbocycles. The van der Waals surface area contributed by atoms with Crippen LogP contribution >= 0.6 is 0 Å². The Balaban J connectivity index is 1.57. The first-order valence-corrected chi connectivity index (χ1v) is 8.46. The predicted molar refractivity (Wildman–Crippen MR) is 100 cm³/mol. The number of hydrogen-bond acceptors (Lipinski definition) is 4. The van der Waals surface area contributed by atoms with Gasteiger partial charge in [-0.2, -0.15) is 13.9 Å². The van der Waals surface area contributed by atoms with Crippen molar-refractivity contribution in [2.45, 2.75) is 19.4 Å². The normalized spacial score (nSPS) is 11.7. The Hall–Kier alpha value is -3.42. The molecule has 0 fully saturated rings. The zero-order valence-electron chi connectivity index (χ0n) is 15.4. The van der Waals surface area contributed by atoms with Crippen molar-refractivity contribution in [3.63, 3.8) is 0 Å². The van der Waals surface area contributed by atoms with E-state index in [1.807, 2.05) is 12.1 Å². The first-order valence-electron chi connectivity index (χ1n) is 8.46. The molecule has 1 aromatic carbocycles. The molecule has 0 bridgehead atoms. The van der Waals surface area contributed by atoms with Crippen molar-refractivity contribution in [2.75, 3.05) is 12.4 Å². The van der Waals surface area contributed by atoms with Crippen molar-refractivity contribution < 1.29 is 22.7 Å². The zero-order valence-corrected chi connectivity index (χ0v) is 15.4. The van der Waals surface area contributed by atoms with Gasteiger partial charge in [0.05, 0.1) is 25.5 Å². The van der Waals surface area contributed by atoms with Gasteiger partial charge in [-0.3, -0.25) is 9.48 Å². The standard InChI is InChI=1S/C20H19F2N3O3/c1-20(21,22)18-9-8-17(28-18)13-25-12-15(11-23-25)24-19(26)10-5-14-3-6-16(27-2)7-4-14/h3-12H,13H2,1-2H3,(H,24,26). The summed E-state index contributed by atoms with van der Waals surface area (Å²) in [4.78, 5) is 12.0. The van der Waals surface area contributed by atoms with Crippen LogP contribution in [0.1, 0.15) is 24.0 Å². The van der Waals surface area contributed by atoms with Gasteiger partial charge in [0, 0.05) is 19.2 Å². The van der Waals surface area contributed by atoms with Crippen LogP contribution in [-0.4, -0.2) is 22.8 Å². The van der Waals surface area contributed by atoms with Crippen molar-refractivity contribution in [3.8, 4) is 5.75 Å². The fourth-order valence-electron chi connectivity index (χ4n) is 2.44. The number of benzene rings is 1. The lowest BCUT2D eigenvalue weighted by Gasteiger charge is -2.05. The van der Waals surface area contributed by atoms with E-state index in [1.54, 1.807) is 31.5 Å². The fraction of sp³-hybridized carbons (Fsp3) is 0.200. The van der Waals surface area contributed by atoms with Crippen LogP contribution in [0.4, 0.5) is 14.5 Å². The maximum atomic E-state index is 13.2. The summed E-state index contributed by atoms with van der Waals surface area (Å²) in [6, 6.07) is 9.98. The van der Waals surface area contributed by atoms with E-state index in [0.29, 0.717) is 11.4 Å². The van der Waals surface area contributed by atoms with Crippen molar-refractivity contribution in [2.24, 2.45) is 0 Å². The van der Waals surface area contributed by atoms with Gasteiger partial charge in [0.15, 0.2) is 5.76 Å². The lowest BCUT2D eigenvalue weighted by atomic mass is 10.2. The lowest BCUT2D eigenvalue weighted by Crippen LogP contribution is -2.07. The van der Waals surface area contributed by atoms with E-state index in [0.717, 1.165) is 18.2 Å². The number of nitrogens with one attached hydrogen (secondary N) is 1. The van der Waals surface area contributed by atoms with Crippen LogP contribution in [-0.2, 0) is 17.3 Å². The minimum atomic E-state index is -3.03. The summed E-state index contributed by atoms with van der Waals surface area (Å²) in [5.74, 6) is -2.66. The predicted octanol–water partition coefficient (Wildman–Crippen LogP) is 4.30. The first kappa shape index (κ1) is 19.3. The Morgan fingerprint density at radius 1 is 1.29 bits per heavy atom. The average molecular weight is 387 g/mol. The van der Waals surface area contributed by atoms with Crippen molar-refractivity contribution >= 4 is 17.7 Å². The number of carbonyl (C=O) groups excluding carboxylic acids is 1. The highest BCUT2D eigenvalue weighted by Crippen LogP contribution is 2.28. The van der Waals surface area contributed by atoms with Gasteiger partial charge in [-0.25, -0.2) is 0 Å². The number of halogens is 2. The minimum Gasteiger partial charge on any atom is -0.497 e. The van der Waals surface area contributed by atoms with Gasteiger partial charge >= 0.3 is 5.92 Å². The Bertz CT molecular complexity index is 969. The van der Waals surface area contributed by atoms with E-state index in [9.17, 15) is 13.6 Å². The van der Waals surface area contributed by atoms with Crippen molar-refractivity contribution in [1.82, 2.24) is 9.78 Å². The number of alkyl halides is 2. The Kier molecular flexibility index (Phi) is 5.58. The molecule has 3 aromatic rings. The van der Waals surface area contributed by atoms with E-state index >= 15 is 0 Å². The van der Waals surface area contributed by atoms with Crippen LogP contribution in [0.25, 0.3) is 6.08 Å². The number of rotatable bonds is 7. The molecule has 0 aliphatic rings. The van der Waals surface area contributed by atoms with Crippen LogP contribution < -0.4 is 10.1 Å². The van der Waals surface area contributed by atoms with E-state index in [4.69, 9.17) is 9.15 Å². The Morgan fingerprint density at radius 3 is 2.68 bits per heavy atom. The molecule has 6 nitrogen and oxygen atoms in total. The lowest BCUT2D eigenvalue weighted by molar-refractivity contribution is -0.111. The first-order chi connectivity index (χ1) is 13.3. The number of hydrogen-bond donors (Lipinski definition) is 1. The Morgan fingerprint density at radius 2 is 2.04 bits per heavy atom. The van der Waals surface area contributed by atoms with E-state index < -0.39 is 11.7 Å². The second-order valence-electron chi connectivity index (χ2n) is 6.18. The third-order valence-electron chi connectivity index (χ3n) is 3.86. The highest BCUT2D eigenvalue weighted by Gasteiger charge is 2.28. The van der Waals surface area contributed by atoms with E-state index in [1.165, 1.54) is 29.1 Å². The molecule has 146 valence electrons. The van der Waals surface area contributed by atoms with E-state index in [-0.39, 0.29) is 12.5 Å². The summed E-state index contributed by atoms with van der Waals surface area (Å²) >= 11 is 0. The summed E-state index contributed by atoms with van der Waals surface area (Å²) in [6.45, 7) is 0.949. The fourth-order valence-corrected chi connectivity index (χ4v) is 2.44. The van der Waals surface area contributed by atoms with Gasteiger partial charge in [-0.1, -0.05) is 12.1 Å². The third-order valence-corrected chi connectivity index (χ3v) is 3.86. The molecule has 0 radical (unpaired) electrons. The van der Waals surface area contributed by atoms with Crippen LogP contribution in [0.15, 0.2) is 59.3 Å². The molecule has 0 aliphatic heterocycles. The molecular weight excluding hydrogens is 368 g/mol. The van der Waals surface area contributed by atoms with Crippen LogP contribution in [0, 0.1) is 0 Å². The number of furan rings is 1. The average Bonchev–Trinajstić information content (AvgIpc) is 3.30. The molecule has 0 saturated heterocycles. The molecule has 2 heterocycles. The smallest absolute Gasteiger partial charge is 0.301 e. The monoisotopic (exact) mass is 387 g/mol. The summed E-state index contributed by atoms with van der Waals surface area (Å²) in [5, 5.41) is 6.78. The number of amides is 1. The Labute approximate surface area is 160 Å². The van der Waals surface area contributed by atoms with Gasteiger partial charge in [0.2, 0.25) is 5.91 Å². The largest absolute Gasteiger partial charge is 0.497 e. The van der Waals surface area contributed by atoms with Gasteiger partial charge in [0.1, 0.15) is 11.5 Å². The van der Waals surface area contributed by atoms with Gasteiger partial charge < -0.3 is 14.5 Å². The maximum absolute atomic E-state index is 13.2. The topological polar surface area (TPSA) is 69.3 Å². The summed E-state index contributed by atoms with van der Waals surface area (Å²) < 4.78 is 38.1. The summed E-state index contributed by atoms with van der Waals surface area (Å²) in [5.41, 5.74) is 1.34. The number of anilines is 1. The maximum Gasteiger partial charge on any atom is 0.301 e. The van der Waals surface area contributed by atoms with Crippen LogP contribution in [0.2, 0.25) is 0 Å². The molecule has 28 heavy (non-hydrogen) atoms. The number of ether oxygens (including phenoxy) is 1. The molecule has 0 saturated carbocycles. The van der Waals surface area contributed by atoms with Crippen LogP contribution in [0.5, 0.6) is 5.75 Å². The third kappa shape index (κ3) is 5.06. The quantitative estimate of drug-likeness (QED) is 0.614. The molecular formula is C20H19F2N3O3. The summed E-state index contributed by atoms with van der Waals surface area (Å²) in [7, 11) is 1.59. The molecule has 0 unspecified atom stereocenters.